The van der Waals surface area contributed by atoms with Crippen molar-refractivity contribution in [2.45, 2.75) is 32.0 Å². The van der Waals surface area contributed by atoms with Crippen LogP contribution in [0.3, 0.4) is 0 Å². The van der Waals surface area contributed by atoms with Crippen molar-refractivity contribution in [2.75, 3.05) is 17.2 Å². The fraction of sp³-hybridized carbons (Fsp3) is 0.207. The van der Waals surface area contributed by atoms with Crippen LogP contribution in [0, 0.1) is 18.8 Å². The maximum Gasteiger partial charge on any atom is 0.416 e. The van der Waals surface area contributed by atoms with Gasteiger partial charge in [0.1, 0.15) is 11.8 Å². The lowest BCUT2D eigenvalue weighted by Crippen LogP contribution is -2.27. The SMILES string of the molecule is Cc1ccc(C(=O)Nc2cc(-n3ccnc3)cc(C(F)(F)F)c2)cc1C#Cc1cnc(NC(=O)[C@@H]2CCCO2)cn1. The molecule has 41 heavy (non-hydrogen) atoms. The van der Waals surface area contributed by atoms with E-state index < -0.39 is 23.8 Å². The Labute approximate surface area is 232 Å². The van der Waals surface area contributed by atoms with Crippen molar-refractivity contribution in [2.24, 2.45) is 0 Å². The number of rotatable bonds is 5. The molecule has 2 N–H and O–H groups in total. The van der Waals surface area contributed by atoms with E-state index in [0.29, 0.717) is 24.3 Å². The molecular weight excluding hydrogens is 537 g/mol. The van der Waals surface area contributed by atoms with Crippen LogP contribution in [-0.2, 0) is 15.7 Å². The summed E-state index contributed by atoms with van der Waals surface area (Å²) < 4.78 is 47.3. The molecule has 2 amide bonds. The van der Waals surface area contributed by atoms with E-state index in [4.69, 9.17) is 4.74 Å². The number of anilines is 2. The van der Waals surface area contributed by atoms with Crippen LogP contribution in [0.1, 0.15) is 45.6 Å². The maximum atomic E-state index is 13.5. The molecule has 4 aromatic rings. The number of alkyl halides is 3. The number of ether oxygens (including phenoxy) is 1. The number of amides is 2. The Morgan fingerprint density at radius 2 is 1.93 bits per heavy atom. The summed E-state index contributed by atoms with van der Waals surface area (Å²) in [4.78, 5) is 37.4. The van der Waals surface area contributed by atoms with Crippen molar-refractivity contribution in [3.05, 3.63) is 95.5 Å². The summed E-state index contributed by atoms with van der Waals surface area (Å²) in [6, 6.07) is 8.08. The molecule has 1 saturated heterocycles. The molecule has 3 heterocycles. The zero-order valence-electron chi connectivity index (χ0n) is 21.7. The van der Waals surface area contributed by atoms with Crippen molar-refractivity contribution in [3.8, 4) is 17.5 Å². The Morgan fingerprint density at radius 3 is 2.61 bits per heavy atom. The average molecular weight is 561 g/mol. The van der Waals surface area contributed by atoms with Crippen LogP contribution in [0.4, 0.5) is 24.7 Å². The Hall–Kier alpha value is -5.02. The lowest BCUT2D eigenvalue weighted by atomic mass is 10.0. The number of hydrogen-bond donors (Lipinski definition) is 2. The summed E-state index contributed by atoms with van der Waals surface area (Å²) in [5.41, 5.74) is 1.12. The minimum Gasteiger partial charge on any atom is -0.368 e. The normalized spacial score (nSPS) is 14.7. The first-order chi connectivity index (χ1) is 19.7. The van der Waals surface area contributed by atoms with Crippen LogP contribution in [0.5, 0.6) is 0 Å². The van der Waals surface area contributed by atoms with E-state index in [1.807, 2.05) is 6.92 Å². The zero-order chi connectivity index (χ0) is 29.0. The van der Waals surface area contributed by atoms with Gasteiger partial charge >= 0.3 is 6.18 Å². The smallest absolute Gasteiger partial charge is 0.368 e. The molecule has 2 aromatic heterocycles. The highest BCUT2D eigenvalue weighted by molar-refractivity contribution is 6.04. The highest BCUT2D eigenvalue weighted by Gasteiger charge is 2.31. The van der Waals surface area contributed by atoms with Gasteiger partial charge in [-0.2, -0.15) is 13.2 Å². The minimum absolute atomic E-state index is 0.0244. The van der Waals surface area contributed by atoms with Crippen LogP contribution in [0.2, 0.25) is 0 Å². The highest BCUT2D eigenvalue weighted by Crippen LogP contribution is 2.33. The quantitative estimate of drug-likeness (QED) is 0.341. The number of benzene rings is 2. The third-order valence-electron chi connectivity index (χ3n) is 6.26. The van der Waals surface area contributed by atoms with Crippen molar-refractivity contribution < 1.29 is 27.5 Å². The third-order valence-corrected chi connectivity index (χ3v) is 6.26. The number of aryl methyl sites for hydroxylation is 1. The predicted octanol–water partition coefficient (Wildman–Crippen LogP) is 4.76. The van der Waals surface area contributed by atoms with E-state index in [0.717, 1.165) is 24.1 Å². The molecule has 208 valence electrons. The van der Waals surface area contributed by atoms with E-state index in [9.17, 15) is 22.8 Å². The molecule has 1 aliphatic rings. The molecule has 0 radical (unpaired) electrons. The predicted molar refractivity (Wildman–Crippen MR) is 143 cm³/mol. The monoisotopic (exact) mass is 560 g/mol. The van der Waals surface area contributed by atoms with Crippen molar-refractivity contribution >= 4 is 23.3 Å². The molecule has 0 spiro atoms. The fourth-order valence-corrected chi connectivity index (χ4v) is 4.09. The zero-order valence-corrected chi connectivity index (χ0v) is 21.7. The minimum atomic E-state index is -4.61. The van der Waals surface area contributed by atoms with Crippen LogP contribution in [0.15, 0.2) is 67.5 Å². The molecule has 1 fully saturated rings. The number of hydrogen-bond acceptors (Lipinski definition) is 6. The number of imidazole rings is 1. The first-order valence-electron chi connectivity index (χ1n) is 12.5. The van der Waals surface area contributed by atoms with Gasteiger partial charge in [-0.3, -0.25) is 9.59 Å². The summed E-state index contributed by atoms with van der Waals surface area (Å²) in [5.74, 6) is 5.22. The number of aromatic nitrogens is 4. The summed E-state index contributed by atoms with van der Waals surface area (Å²) >= 11 is 0. The van der Waals surface area contributed by atoms with Crippen LogP contribution in [-0.4, -0.2) is 44.0 Å². The number of nitrogens with zero attached hydrogens (tertiary/aromatic N) is 4. The molecule has 12 heteroatoms. The number of carbonyl (C=O) groups excluding carboxylic acids is 2. The van der Waals surface area contributed by atoms with Gasteiger partial charge in [0.15, 0.2) is 5.82 Å². The van der Waals surface area contributed by atoms with Gasteiger partial charge in [-0.15, -0.1) is 0 Å². The lowest BCUT2D eigenvalue weighted by molar-refractivity contribution is -0.137. The summed E-state index contributed by atoms with van der Waals surface area (Å²) in [6.45, 7) is 2.37. The highest BCUT2D eigenvalue weighted by atomic mass is 19.4. The fourth-order valence-electron chi connectivity index (χ4n) is 4.09. The second-order valence-electron chi connectivity index (χ2n) is 9.25. The molecule has 0 aliphatic carbocycles. The Bertz CT molecular complexity index is 1640. The van der Waals surface area contributed by atoms with Gasteiger partial charge in [0.2, 0.25) is 0 Å². The van der Waals surface area contributed by atoms with E-state index >= 15 is 0 Å². The summed E-state index contributed by atoms with van der Waals surface area (Å²) in [5, 5.41) is 5.21. The Balaban J connectivity index is 1.31. The molecule has 0 bridgehead atoms. The van der Waals surface area contributed by atoms with Crippen LogP contribution < -0.4 is 10.6 Å². The topological polar surface area (TPSA) is 111 Å². The van der Waals surface area contributed by atoms with Crippen molar-refractivity contribution in [1.29, 1.82) is 0 Å². The van der Waals surface area contributed by atoms with E-state index in [1.54, 1.807) is 18.2 Å². The molecule has 2 aromatic carbocycles. The summed E-state index contributed by atoms with van der Waals surface area (Å²) in [7, 11) is 0. The maximum absolute atomic E-state index is 13.5. The molecule has 0 saturated carbocycles. The van der Waals surface area contributed by atoms with Gasteiger partial charge in [-0.1, -0.05) is 12.0 Å². The van der Waals surface area contributed by atoms with E-state index in [-0.39, 0.29) is 28.7 Å². The molecule has 1 aliphatic heterocycles. The number of nitrogens with one attached hydrogen (secondary N) is 2. The van der Waals surface area contributed by atoms with Gasteiger partial charge in [0, 0.05) is 41.5 Å². The van der Waals surface area contributed by atoms with Crippen LogP contribution >= 0.6 is 0 Å². The second kappa shape index (κ2) is 11.6. The molecule has 5 rings (SSSR count). The Morgan fingerprint density at radius 1 is 1.07 bits per heavy atom. The van der Waals surface area contributed by atoms with E-state index in [1.165, 1.54) is 41.7 Å². The average Bonchev–Trinajstić information content (AvgIpc) is 3.68. The van der Waals surface area contributed by atoms with Gasteiger partial charge in [-0.25, -0.2) is 15.0 Å². The lowest BCUT2D eigenvalue weighted by Gasteiger charge is -2.14. The van der Waals surface area contributed by atoms with Crippen molar-refractivity contribution in [3.63, 3.8) is 0 Å². The van der Waals surface area contributed by atoms with Crippen LogP contribution in [0.25, 0.3) is 5.69 Å². The molecule has 0 unspecified atom stereocenters. The van der Waals surface area contributed by atoms with Gasteiger partial charge < -0.3 is 19.9 Å². The first kappa shape index (κ1) is 27.5. The third kappa shape index (κ3) is 6.77. The number of halogens is 3. The standard InChI is InChI=1S/C29H23F3N6O3/c1-18-4-5-20(27(39)36-23-12-21(29(30,31)32)13-24(14-23)38-9-8-33-17-38)11-19(18)6-7-22-15-35-26(16-34-22)37-28(40)25-3-2-10-41-25/h4-5,8-9,11-17,25H,2-3,10H2,1H3,(H,36,39)(H,35,37,40)/t25-/m0/s1. The second-order valence-corrected chi connectivity index (χ2v) is 9.25. The van der Waals surface area contributed by atoms with E-state index in [2.05, 4.69) is 37.4 Å². The molecular formula is C29H23F3N6O3. The largest absolute Gasteiger partial charge is 0.416 e. The van der Waals surface area contributed by atoms with Gasteiger partial charge in [0.25, 0.3) is 11.8 Å². The summed E-state index contributed by atoms with van der Waals surface area (Å²) in [6.07, 6.45) is 3.51. The van der Waals surface area contributed by atoms with Crippen molar-refractivity contribution in [1.82, 2.24) is 19.5 Å². The first-order valence-corrected chi connectivity index (χ1v) is 12.5. The Kier molecular flexibility index (Phi) is 7.80. The molecule has 9 nitrogen and oxygen atoms in total. The van der Waals surface area contributed by atoms with Gasteiger partial charge in [0.05, 0.1) is 24.3 Å². The number of carbonyl (C=O) groups is 2. The molecule has 1 atom stereocenters. The van der Waals surface area contributed by atoms with Gasteiger partial charge in [-0.05, 0) is 61.6 Å².